The molecule has 5 heteroatoms. The number of amides is 1. The molecular weight excluding hydrogens is 331 g/mol. The number of anilines is 1. The average Bonchev–Trinajstić information content (AvgIpc) is 2.48. The molecule has 0 spiro atoms. The summed E-state index contributed by atoms with van der Waals surface area (Å²) in [5, 5.41) is 4.05. The Labute approximate surface area is 147 Å². The van der Waals surface area contributed by atoms with Crippen molar-refractivity contribution in [3.05, 3.63) is 63.1 Å². The predicted octanol–water partition coefficient (Wildman–Crippen LogP) is 4.68. The maximum atomic E-state index is 12.3. The highest BCUT2D eigenvalue weighted by Crippen LogP contribution is 2.26. The molecule has 0 saturated heterocycles. The van der Waals surface area contributed by atoms with E-state index in [1.54, 1.807) is 6.07 Å². The van der Waals surface area contributed by atoms with Gasteiger partial charge >= 0.3 is 0 Å². The van der Waals surface area contributed by atoms with E-state index in [9.17, 15) is 4.79 Å². The van der Waals surface area contributed by atoms with Gasteiger partial charge in [-0.2, -0.15) is 0 Å². The summed E-state index contributed by atoms with van der Waals surface area (Å²) in [5.41, 5.74) is 3.89. The van der Waals surface area contributed by atoms with Crippen molar-refractivity contribution in [1.82, 2.24) is 4.90 Å². The number of halogens is 2. The largest absolute Gasteiger partial charge is 0.324 e. The Morgan fingerprint density at radius 3 is 2.35 bits per heavy atom. The molecule has 0 bridgehead atoms. The average molecular weight is 351 g/mol. The molecule has 2 aromatic carbocycles. The summed E-state index contributed by atoms with van der Waals surface area (Å²) in [6, 6.07) is 11.5. The first-order valence-electron chi connectivity index (χ1n) is 7.36. The van der Waals surface area contributed by atoms with Crippen LogP contribution in [0.3, 0.4) is 0 Å². The normalized spacial score (nSPS) is 10.9. The number of nitrogens with zero attached hydrogens (tertiary/aromatic N) is 1. The van der Waals surface area contributed by atoms with Gasteiger partial charge in [0.05, 0.1) is 16.6 Å². The number of para-hydroxylation sites is 1. The van der Waals surface area contributed by atoms with Crippen molar-refractivity contribution < 1.29 is 4.79 Å². The van der Waals surface area contributed by atoms with Gasteiger partial charge < -0.3 is 5.32 Å². The van der Waals surface area contributed by atoms with E-state index < -0.39 is 0 Å². The highest BCUT2D eigenvalue weighted by Gasteiger charge is 2.12. The van der Waals surface area contributed by atoms with Gasteiger partial charge in [0.2, 0.25) is 5.91 Å². The summed E-state index contributed by atoms with van der Waals surface area (Å²) in [7, 11) is 1.88. The number of carbonyl (C=O) groups excluding carboxylic acids is 1. The van der Waals surface area contributed by atoms with Gasteiger partial charge in [0.15, 0.2) is 0 Å². The van der Waals surface area contributed by atoms with Crippen molar-refractivity contribution in [3.63, 3.8) is 0 Å². The first-order valence-corrected chi connectivity index (χ1v) is 8.11. The van der Waals surface area contributed by atoms with Crippen molar-refractivity contribution in [2.75, 3.05) is 18.9 Å². The van der Waals surface area contributed by atoms with Gasteiger partial charge in [-0.25, -0.2) is 0 Å². The quantitative estimate of drug-likeness (QED) is 0.848. The van der Waals surface area contributed by atoms with Gasteiger partial charge in [0.25, 0.3) is 0 Å². The Hall–Kier alpha value is -1.55. The summed E-state index contributed by atoms with van der Waals surface area (Å²) in [5.74, 6) is -0.0527. The molecule has 0 aliphatic rings. The predicted molar refractivity (Wildman–Crippen MR) is 97.3 cm³/mol. The smallest absolute Gasteiger partial charge is 0.238 e. The maximum absolute atomic E-state index is 12.3. The van der Waals surface area contributed by atoms with Crippen molar-refractivity contribution in [3.8, 4) is 0 Å². The van der Waals surface area contributed by atoms with Crippen LogP contribution in [0.2, 0.25) is 10.0 Å². The van der Waals surface area contributed by atoms with Crippen molar-refractivity contribution in [1.29, 1.82) is 0 Å². The molecule has 23 heavy (non-hydrogen) atoms. The number of likely N-dealkylation sites (N-methyl/N-ethyl adjacent to an activating group) is 1. The van der Waals surface area contributed by atoms with Crippen LogP contribution in [0.15, 0.2) is 36.4 Å². The first kappa shape index (κ1) is 17.8. The van der Waals surface area contributed by atoms with E-state index in [1.165, 1.54) is 0 Å². The second kappa shape index (κ2) is 7.82. The van der Waals surface area contributed by atoms with Crippen LogP contribution in [0.25, 0.3) is 0 Å². The SMILES string of the molecule is Cc1cccc(C)c1NC(=O)CN(C)Cc1cccc(Cl)c1Cl. The monoisotopic (exact) mass is 350 g/mol. The highest BCUT2D eigenvalue weighted by atomic mass is 35.5. The van der Waals surface area contributed by atoms with Gasteiger partial charge in [0.1, 0.15) is 0 Å². The maximum Gasteiger partial charge on any atom is 0.238 e. The zero-order chi connectivity index (χ0) is 17.0. The van der Waals surface area contributed by atoms with Crippen molar-refractivity contribution >= 4 is 34.8 Å². The standard InChI is InChI=1S/C18H20Cl2N2O/c1-12-6-4-7-13(2)18(12)21-16(23)11-22(3)10-14-8-5-9-15(19)17(14)20/h4-9H,10-11H2,1-3H3,(H,21,23). The fourth-order valence-corrected chi connectivity index (χ4v) is 2.83. The lowest BCUT2D eigenvalue weighted by Crippen LogP contribution is -2.30. The molecule has 122 valence electrons. The molecule has 0 aromatic heterocycles. The Balaban J connectivity index is 1.99. The third kappa shape index (κ3) is 4.71. The molecule has 1 amide bonds. The van der Waals surface area contributed by atoms with Crippen LogP contribution in [-0.4, -0.2) is 24.4 Å². The zero-order valence-electron chi connectivity index (χ0n) is 13.5. The lowest BCUT2D eigenvalue weighted by Gasteiger charge is -2.18. The van der Waals surface area contributed by atoms with Crippen LogP contribution in [0.5, 0.6) is 0 Å². The lowest BCUT2D eigenvalue weighted by molar-refractivity contribution is -0.117. The second-order valence-electron chi connectivity index (χ2n) is 5.70. The van der Waals surface area contributed by atoms with Crippen LogP contribution in [0.4, 0.5) is 5.69 Å². The minimum Gasteiger partial charge on any atom is -0.324 e. The van der Waals surface area contributed by atoms with Crippen LogP contribution >= 0.6 is 23.2 Å². The van der Waals surface area contributed by atoms with Crippen molar-refractivity contribution in [2.45, 2.75) is 20.4 Å². The molecule has 0 saturated carbocycles. The highest BCUT2D eigenvalue weighted by molar-refractivity contribution is 6.42. The van der Waals surface area contributed by atoms with Crippen LogP contribution < -0.4 is 5.32 Å². The summed E-state index contributed by atoms with van der Waals surface area (Å²) < 4.78 is 0. The van der Waals surface area contributed by atoms with E-state index in [-0.39, 0.29) is 12.5 Å². The van der Waals surface area contributed by atoms with Crippen LogP contribution in [0, 0.1) is 13.8 Å². The van der Waals surface area contributed by atoms with E-state index in [0.717, 1.165) is 22.4 Å². The molecule has 0 fully saturated rings. The molecule has 0 unspecified atom stereocenters. The Kier molecular flexibility index (Phi) is 6.05. The third-order valence-corrected chi connectivity index (χ3v) is 4.49. The fraction of sp³-hybridized carbons (Fsp3) is 0.278. The Morgan fingerprint density at radius 1 is 1.09 bits per heavy atom. The lowest BCUT2D eigenvalue weighted by atomic mass is 10.1. The molecule has 2 aromatic rings. The first-order chi connectivity index (χ1) is 10.9. The minimum absolute atomic E-state index is 0.0527. The summed E-state index contributed by atoms with van der Waals surface area (Å²) in [6.07, 6.45) is 0. The molecule has 0 aliphatic heterocycles. The van der Waals surface area contributed by atoms with Gasteiger partial charge in [-0.15, -0.1) is 0 Å². The molecule has 0 heterocycles. The summed E-state index contributed by atoms with van der Waals surface area (Å²) >= 11 is 12.2. The number of hydrogen-bond donors (Lipinski definition) is 1. The number of aryl methyl sites for hydroxylation is 2. The fourth-order valence-electron chi connectivity index (χ4n) is 2.45. The Bertz CT molecular complexity index is 696. The van der Waals surface area contributed by atoms with Gasteiger partial charge in [-0.3, -0.25) is 9.69 Å². The van der Waals surface area contributed by atoms with Gasteiger partial charge in [-0.05, 0) is 43.7 Å². The summed E-state index contributed by atoms with van der Waals surface area (Å²) in [4.78, 5) is 14.2. The Morgan fingerprint density at radius 2 is 1.70 bits per heavy atom. The number of carbonyl (C=O) groups is 1. The van der Waals surface area contributed by atoms with E-state index in [1.807, 2.05) is 56.1 Å². The van der Waals surface area contributed by atoms with Crippen LogP contribution in [0.1, 0.15) is 16.7 Å². The zero-order valence-corrected chi connectivity index (χ0v) is 15.0. The number of hydrogen-bond acceptors (Lipinski definition) is 2. The molecule has 3 nitrogen and oxygen atoms in total. The summed E-state index contributed by atoms with van der Waals surface area (Å²) in [6.45, 7) is 4.80. The van der Waals surface area contributed by atoms with Crippen molar-refractivity contribution in [2.24, 2.45) is 0 Å². The molecular formula is C18H20Cl2N2O. The van der Waals surface area contributed by atoms with E-state index >= 15 is 0 Å². The van der Waals surface area contributed by atoms with E-state index in [0.29, 0.717) is 16.6 Å². The topological polar surface area (TPSA) is 32.3 Å². The van der Waals surface area contributed by atoms with Crippen LogP contribution in [-0.2, 0) is 11.3 Å². The molecule has 1 N–H and O–H groups in total. The van der Waals surface area contributed by atoms with E-state index in [2.05, 4.69) is 5.32 Å². The third-order valence-electron chi connectivity index (χ3n) is 3.63. The second-order valence-corrected chi connectivity index (χ2v) is 6.49. The number of rotatable bonds is 5. The number of benzene rings is 2. The van der Waals surface area contributed by atoms with Gasteiger partial charge in [-0.1, -0.05) is 53.5 Å². The molecule has 0 aliphatic carbocycles. The van der Waals surface area contributed by atoms with E-state index in [4.69, 9.17) is 23.2 Å². The molecule has 0 radical (unpaired) electrons. The van der Waals surface area contributed by atoms with Gasteiger partial charge in [0, 0.05) is 12.2 Å². The minimum atomic E-state index is -0.0527. The molecule has 0 atom stereocenters. The molecule has 2 rings (SSSR count). The number of nitrogens with one attached hydrogen (secondary N) is 1.